The Bertz CT molecular complexity index is 262. The van der Waals surface area contributed by atoms with E-state index < -0.39 is 0 Å². The summed E-state index contributed by atoms with van der Waals surface area (Å²) in [4.78, 5) is 4.52. The average molecular weight is 239 g/mol. The molecular weight excluding hydrogens is 214 g/mol. The molecular formula is C13H25N3O. The van der Waals surface area contributed by atoms with Crippen LogP contribution in [0.2, 0.25) is 0 Å². The zero-order chi connectivity index (χ0) is 12.1. The van der Waals surface area contributed by atoms with Crippen molar-refractivity contribution in [1.29, 1.82) is 0 Å². The van der Waals surface area contributed by atoms with Gasteiger partial charge in [0.15, 0.2) is 5.96 Å². The molecule has 0 aliphatic heterocycles. The number of hydrogen-bond acceptors (Lipinski definition) is 2. The summed E-state index contributed by atoms with van der Waals surface area (Å²) < 4.78 is 5.38. The molecule has 2 fully saturated rings. The SMILES string of the molecule is COCC1(CN=C(N)NC2CC2)CCCCC1. The summed E-state index contributed by atoms with van der Waals surface area (Å²) in [7, 11) is 1.78. The van der Waals surface area contributed by atoms with E-state index >= 15 is 0 Å². The minimum absolute atomic E-state index is 0.239. The molecule has 0 aromatic heterocycles. The van der Waals surface area contributed by atoms with Crippen molar-refractivity contribution in [2.24, 2.45) is 16.1 Å². The number of ether oxygens (including phenoxy) is 1. The highest BCUT2D eigenvalue weighted by atomic mass is 16.5. The smallest absolute Gasteiger partial charge is 0.188 e. The predicted octanol–water partition coefficient (Wildman–Crippen LogP) is 1.65. The molecule has 0 aromatic rings. The van der Waals surface area contributed by atoms with Crippen molar-refractivity contribution in [2.45, 2.75) is 51.0 Å². The van der Waals surface area contributed by atoms with Crippen LogP contribution >= 0.6 is 0 Å². The van der Waals surface area contributed by atoms with Crippen LogP contribution < -0.4 is 11.1 Å². The summed E-state index contributed by atoms with van der Waals surface area (Å²) in [6.45, 7) is 1.62. The number of nitrogens with two attached hydrogens (primary N) is 1. The zero-order valence-electron chi connectivity index (χ0n) is 10.9. The summed E-state index contributed by atoms with van der Waals surface area (Å²) in [5, 5.41) is 3.24. The first kappa shape index (κ1) is 12.7. The third kappa shape index (κ3) is 3.87. The second-order valence-corrected chi connectivity index (χ2v) is 5.61. The van der Waals surface area contributed by atoms with Crippen molar-refractivity contribution in [2.75, 3.05) is 20.3 Å². The topological polar surface area (TPSA) is 59.6 Å². The van der Waals surface area contributed by atoms with Gasteiger partial charge < -0.3 is 15.8 Å². The van der Waals surface area contributed by atoms with E-state index in [-0.39, 0.29) is 5.41 Å². The molecule has 0 spiro atoms. The highest BCUT2D eigenvalue weighted by Crippen LogP contribution is 2.36. The molecule has 2 aliphatic rings. The van der Waals surface area contributed by atoms with Crippen LogP contribution in [0.3, 0.4) is 0 Å². The van der Waals surface area contributed by atoms with Crippen LogP contribution in [0.15, 0.2) is 4.99 Å². The van der Waals surface area contributed by atoms with Gasteiger partial charge in [-0.05, 0) is 25.7 Å². The molecule has 0 saturated heterocycles. The van der Waals surface area contributed by atoms with E-state index in [0.717, 1.165) is 13.2 Å². The average Bonchev–Trinajstić information content (AvgIpc) is 3.12. The molecule has 0 atom stereocenters. The van der Waals surface area contributed by atoms with Crippen molar-refractivity contribution >= 4 is 5.96 Å². The molecule has 2 aliphatic carbocycles. The fourth-order valence-corrected chi connectivity index (χ4v) is 2.69. The fourth-order valence-electron chi connectivity index (χ4n) is 2.69. The first-order chi connectivity index (χ1) is 8.24. The summed E-state index contributed by atoms with van der Waals surface area (Å²) >= 11 is 0. The molecule has 2 rings (SSSR count). The normalized spacial score (nSPS) is 24.6. The number of guanidine groups is 1. The van der Waals surface area contributed by atoms with Crippen LogP contribution in [0.5, 0.6) is 0 Å². The van der Waals surface area contributed by atoms with Crippen LogP contribution in [-0.4, -0.2) is 32.3 Å². The Hall–Kier alpha value is -0.770. The predicted molar refractivity (Wildman–Crippen MR) is 70.0 cm³/mol. The summed E-state index contributed by atoms with van der Waals surface area (Å²) in [5.41, 5.74) is 6.12. The summed E-state index contributed by atoms with van der Waals surface area (Å²) in [6.07, 6.45) is 8.87. The fraction of sp³-hybridized carbons (Fsp3) is 0.923. The summed E-state index contributed by atoms with van der Waals surface area (Å²) in [6, 6.07) is 0.587. The highest BCUT2D eigenvalue weighted by Gasteiger charge is 2.32. The van der Waals surface area contributed by atoms with Gasteiger partial charge in [-0.15, -0.1) is 0 Å². The second-order valence-electron chi connectivity index (χ2n) is 5.61. The van der Waals surface area contributed by atoms with E-state index in [1.807, 2.05) is 0 Å². The lowest BCUT2D eigenvalue weighted by Crippen LogP contribution is -2.37. The maximum Gasteiger partial charge on any atom is 0.188 e. The van der Waals surface area contributed by atoms with E-state index in [0.29, 0.717) is 12.0 Å². The number of methoxy groups -OCH3 is 1. The second kappa shape index (κ2) is 5.71. The molecule has 98 valence electrons. The standard InChI is InChI=1S/C13H25N3O/c1-17-10-13(7-3-2-4-8-13)9-15-12(14)16-11-5-6-11/h11H,2-10H2,1H3,(H3,14,15,16). The van der Waals surface area contributed by atoms with Gasteiger partial charge in [0, 0.05) is 18.6 Å². The molecule has 2 saturated carbocycles. The molecule has 4 heteroatoms. The van der Waals surface area contributed by atoms with Crippen molar-refractivity contribution < 1.29 is 4.74 Å². The number of hydrogen-bond donors (Lipinski definition) is 2. The number of nitrogens with zero attached hydrogens (tertiary/aromatic N) is 1. The molecule has 0 heterocycles. The molecule has 0 radical (unpaired) electrons. The number of rotatable bonds is 5. The molecule has 3 N–H and O–H groups in total. The largest absolute Gasteiger partial charge is 0.384 e. The van der Waals surface area contributed by atoms with Gasteiger partial charge in [-0.25, -0.2) is 0 Å². The summed E-state index contributed by atoms with van der Waals surface area (Å²) in [5.74, 6) is 0.619. The van der Waals surface area contributed by atoms with Gasteiger partial charge >= 0.3 is 0 Å². The Morgan fingerprint density at radius 2 is 2.06 bits per heavy atom. The minimum Gasteiger partial charge on any atom is -0.384 e. The lowest BCUT2D eigenvalue weighted by Gasteiger charge is -2.35. The molecule has 17 heavy (non-hydrogen) atoms. The van der Waals surface area contributed by atoms with E-state index in [9.17, 15) is 0 Å². The first-order valence-corrected chi connectivity index (χ1v) is 6.79. The van der Waals surface area contributed by atoms with Gasteiger partial charge in [-0.1, -0.05) is 19.3 Å². The molecule has 4 nitrogen and oxygen atoms in total. The Morgan fingerprint density at radius 3 is 2.65 bits per heavy atom. The van der Waals surface area contributed by atoms with Gasteiger partial charge in [0.2, 0.25) is 0 Å². The molecule has 0 unspecified atom stereocenters. The van der Waals surface area contributed by atoms with Gasteiger partial charge in [-0.2, -0.15) is 0 Å². The lowest BCUT2D eigenvalue weighted by atomic mass is 9.75. The maximum absolute atomic E-state index is 5.88. The third-order valence-corrected chi connectivity index (χ3v) is 3.88. The zero-order valence-corrected chi connectivity index (χ0v) is 10.9. The van der Waals surface area contributed by atoms with E-state index in [4.69, 9.17) is 10.5 Å². The van der Waals surface area contributed by atoms with Gasteiger partial charge in [0.25, 0.3) is 0 Å². The number of aliphatic imine (C=N–C) groups is 1. The quantitative estimate of drug-likeness (QED) is 0.566. The maximum atomic E-state index is 5.88. The monoisotopic (exact) mass is 239 g/mol. The van der Waals surface area contributed by atoms with Crippen LogP contribution in [-0.2, 0) is 4.74 Å². The van der Waals surface area contributed by atoms with Gasteiger partial charge in [0.1, 0.15) is 0 Å². The van der Waals surface area contributed by atoms with E-state index in [1.165, 1.54) is 44.9 Å². The van der Waals surface area contributed by atoms with Crippen LogP contribution in [0.4, 0.5) is 0 Å². The van der Waals surface area contributed by atoms with Crippen molar-refractivity contribution in [3.8, 4) is 0 Å². The van der Waals surface area contributed by atoms with Crippen LogP contribution in [0.1, 0.15) is 44.9 Å². The molecule has 0 amide bonds. The Morgan fingerprint density at radius 1 is 1.35 bits per heavy atom. The Balaban J connectivity index is 1.86. The molecule has 0 bridgehead atoms. The van der Waals surface area contributed by atoms with E-state index in [2.05, 4.69) is 10.3 Å². The van der Waals surface area contributed by atoms with Crippen LogP contribution in [0.25, 0.3) is 0 Å². The van der Waals surface area contributed by atoms with Gasteiger partial charge in [-0.3, -0.25) is 4.99 Å². The van der Waals surface area contributed by atoms with Crippen molar-refractivity contribution in [3.05, 3.63) is 0 Å². The Labute approximate surface area is 104 Å². The van der Waals surface area contributed by atoms with Gasteiger partial charge in [0.05, 0.1) is 13.2 Å². The first-order valence-electron chi connectivity index (χ1n) is 6.79. The highest BCUT2D eigenvalue weighted by molar-refractivity contribution is 5.78. The van der Waals surface area contributed by atoms with Crippen molar-refractivity contribution in [3.63, 3.8) is 0 Å². The van der Waals surface area contributed by atoms with Crippen molar-refractivity contribution in [1.82, 2.24) is 5.32 Å². The third-order valence-electron chi connectivity index (χ3n) is 3.88. The minimum atomic E-state index is 0.239. The Kier molecular flexibility index (Phi) is 4.26. The van der Waals surface area contributed by atoms with E-state index in [1.54, 1.807) is 7.11 Å². The number of nitrogens with one attached hydrogen (secondary N) is 1. The molecule has 0 aromatic carbocycles. The lowest BCUT2D eigenvalue weighted by molar-refractivity contribution is 0.0555. The van der Waals surface area contributed by atoms with Crippen LogP contribution in [0, 0.1) is 5.41 Å².